The van der Waals surface area contributed by atoms with Gasteiger partial charge in [0.25, 0.3) is 0 Å². The average Bonchev–Trinajstić information content (AvgIpc) is 2.29. The lowest BCUT2D eigenvalue weighted by molar-refractivity contribution is 0.491. The molecule has 0 saturated carbocycles. The molecular formula is C12H10O2PS+. The van der Waals surface area contributed by atoms with Crippen LogP contribution in [-0.4, -0.2) is 4.89 Å². The van der Waals surface area contributed by atoms with Gasteiger partial charge in [-0.3, -0.25) is 0 Å². The minimum atomic E-state index is -2.76. The summed E-state index contributed by atoms with van der Waals surface area (Å²) in [7, 11) is 0. The molecule has 2 nitrogen and oxygen atoms in total. The molecule has 1 aliphatic rings. The van der Waals surface area contributed by atoms with Gasteiger partial charge in [0.2, 0.25) is 0 Å². The molecule has 0 aliphatic carbocycles. The lowest BCUT2D eigenvalue weighted by Crippen LogP contribution is -2.18. The second-order valence-electron chi connectivity index (χ2n) is 3.65. The van der Waals surface area contributed by atoms with E-state index in [1.54, 1.807) is 0 Å². The van der Waals surface area contributed by atoms with Crippen molar-refractivity contribution in [1.29, 1.82) is 0 Å². The summed E-state index contributed by atoms with van der Waals surface area (Å²) in [6, 6.07) is 15.4. The second-order valence-corrected chi connectivity index (χ2v) is 7.03. The highest BCUT2D eigenvalue weighted by molar-refractivity contribution is 8.51. The first kappa shape index (κ1) is 10.2. The summed E-state index contributed by atoms with van der Waals surface area (Å²) in [4.78, 5) is 10.2. The van der Waals surface area contributed by atoms with Gasteiger partial charge >= 0.3 is 6.92 Å². The standard InChI is InChI=1S/C12H10O2PS/c13-15(16)12-8-4-2-6-10(12)9-5-1-3-7-11(9)14-15/h1-8,13,16H/q+1. The maximum atomic E-state index is 10.2. The van der Waals surface area contributed by atoms with Gasteiger partial charge in [-0.25, -0.2) is 0 Å². The zero-order valence-electron chi connectivity index (χ0n) is 8.37. The van der Waals surface area contributed by atoms with Crippen LogP contribution in [-0.2, 0) is 0 Å². The summed E-state index contributed by atoms with van der Waals surface area (Å²) in [5.41, 5.74) is 2.02. The number of hydrogen-bond acceptors (Lipinski definition) is 3. The first-order chi connectivity index (χ1) is 7.68. The minimum absolute atomic E-state index is 0.701. The molecule has 1 unspecified atom stereocenters. The Hall–Kier alpha value is -1.02. The van der Waals surface area contributed by atoms with E-state index in [9.17, 15) is 4.89 Å². The molecule has 1 atom stereocenters. The van der Waals surface area contributed by atoms with E-state index >= 15 is 0 Å². The Morgan fingerprint density at radius 1 is 0.938 bits per heavy atom. The smallest absolute Gasteiger partial charge is 0.301 e. The molecule has 1 aliphatic heterocycles. The van der Waals surface area contributed by atoms with E-state index < -0.39 is 6.92 Å². The number of fused-ring (bicyclic) bond motifs is 3. The molecule has 0 amide bonds. The Kier molecular flexibility index (Phi) is 2.21. The van der Waals surface area contributed by atoms with E-state index in [0.717, 1.165) is 16.4 Å². The molecule has 3 rings (SSSR count). The molecule has 1 N–H and O–H groups in total. The van der Waals surface area contributed by atoms with Crippen LogP contribution < -0.4 is 9.83 Å². The van der Waals surface area contributed by atoms with Crippen LogP contribution in [0, 0.1) is 0 Å². The zero-order chi connectivity index (χ0) is 11.2. The van der Waals surface area contributed by atoms with Gasteiger partial charge in [-0.1, -0.05) is 30.3 Å². The SMILES string of the molecule is O[P+]1(S)Oc2ccccc2-c2ccccc21. The van der Waals surface area contributed by atoms with E-state index in [1.807, 2.05) is 48.5 Å². The first-order valence-electron chi connectivity index (χ1n) is 4.92. The molecule has 4 heteroatoms. The number of para-hydroxylation sites is 1. The van der Waals surface area contributed by atoms with Gasteiger partial charge in [-0.15, -0.1) is 0 Å². The molecule has 2 aromatic carbocycles. The van der Waals surface area contributed by atoms with Crippen LogP contribution in [0.25, 0.3) is 11.1 Å². The molecule has 16 heavy (non-hydrogen) atoms. The summed E-state index contributed by atoms with van der Waals surface area (Å²) in [6.07, 6.45) is 0. The van der Waals surface area contributed by atoms with Crippen LogP contribution in [0.15, 0.2) is 48.5 Å². The maximum Gasteiger partial charge on any atom is 0.408 e. The van der Waals surface area contributed by atoms with Crippen molar-refractivity contribution in [1.82, 2.24) is 0 Å². The van der Waals surface area contributed by atoms with Crippen molar-refractivity contribution in [2.45, 2.75) is 0 Å². The monoisotopic (exact) mass is 249 g/mol. The molecular weight excluding hydrogens is 239 g/mol. The second kappa shape index (κ2) is 3.49. The largest absolute Gasteiger partial charge is 0.408 e. The van der Waals surface area contributed by atoms with Gasteiger partial charge in [0.1, 0.15) is 0 Å². The van der Waals surface area contributed by atoms with E-state index in [0.29, 0.717) is 5.75 Å². The van der Waals surface area contributed by atoms with Gasteiger partial charge in [-0.2, -0.15) is 4.89 Å². The third kappa shape index (κ3) is 1.44. The highest BCUT2D eigenvalue weighted by Gasteiger charge is 2.45. The molecule has 1 heterocycles. The quantitative estimate of drug-likeness (QED) is 0.555. The summed E-state index contributed by atoms with van der Waals surface area (Å²) in [5, 5.41) is 0.789. The maximum absolute atomic E-state index is 10.2. The number of thiol groups is 1. The summed E-state index contributed by atoms with van der Waals surface area (Å²) in [6.45, 7) is -2.76. The first-order valence-corrected chi connectivity index (χ1v) is 7.73. The molecule has 0 fully saturated rings. The predicted molar refractivity (Wildman–Crippen MR) is 70.3 cm³/mol. The zero-order valence-corrected chi connectivity index (χ0v) is 10.2. The number of hydrogen-bond donors (Lipinski definition) is 2. The van der Waals surface area contributed by atoms with Crippen molar-refractivity contribution in [3.05, 3.63) is 48.5 Å². The van der Waals surface area contributed by atoms with E-state index in [-0.39, 0.29) is 0 Å². The Morgan fingerprint density at radius 3 is 2.38 bits per heavy atom. The lowest BCUT2D eigenvalue weighted by Gasteiger charge is -2.22. The fraction of sp³-hybridized carbons (Fsp3) is 0. The van der Waals surface area contributed by atoms with Gasteiger partial charge in [0.15, 0.2) is 11.1 Å². The van der Waals surface area contributed by atoms with Gasteiger partial charge in [-0.05, 0) is 18.2 Å². The fourth-order valence-corrected chi connectivity index (χ4v) is 4.02. The van der Waals surface area contributed by atoms with Crippen molar-refractivity contribution < 1.29 is 9.42 Å². The molecule has 80 valence electrons. The highest BCUT2D eigenvalue weighted by atomic mass is 32.7. The van der Waals surface area contributed by atoms with Crippen LogP contribution in [0.2, 0.25) is 0 Å². The van der Waals surface area contributed by atoms with E-state index in [1.165, 1.54) is 0 Å². The van der Waals surface area contributed by atoms with Crippen LogP contribution in [0.4, 0.5) is 0 Å². The van der Waals surface area contributed by atoms with Crippen molar-refractivity contribution in [3.63, 3.8) is 0 Å². The van der Waals surface area contributed by atoms with Gasteiger partial charge in [0.05, 0.1) is 12.2 Å². The highest BCUT2D eigenvalue weighted by Crippen LogP contribution is 2.63. The molecule has 0 bridgehead atoms. The van der Waals surface area contributed by atoms with E-state index in [2.05, 4.69) is 12.2 Å². The lowest BCUT2D eigenvalue weighted by atomic mass is 10.0. The molecule has 0 saturated heterocycles. The summed E-state index contributed by atoms with van der Waals surface area (Å²) < 4.78 is 5.58. The topological polar surface area (TPSA) is 29.5 Å². The Morgan fingerprint density at radius 2 is 1.56 bits per heavy atom. The van der Waals surface area contributed by atoms with E-state index in [4.69, 9.17) is 4.52 Å². The van der Waals surface area contributed by atoms with Crippen molar-refractivity contribution >= 4 is 24.5 Å². The molecule has 2 aromatic rings. The number of rotatable bonds is 0. The molecule has 0 spiro atoms. The van der Waals surface area contributed by atoms with Crippen LogP contribution >= 0.6 is 19.2 Å². The Labute approximate surface area is 99.6 Å². The van der Waals surface area contributed by atoms with Crippen molar-refractivity contribution in [2.75, 3.05) is 0 Å². The third-order valence-corrected chi connectivity index (χ3v) is 4.98. The van der Waals surface area contributed by atoms with Gasteiger partial charge < -0.3 is 4.52 Å². The normalized spacial score (nSPS) is 21.9. The molecule has 0 radical (unpaired) electrons. The Bertz CT molecular complexity index is 554. The third-order valence-electron chi connectivity index (χ3n) is 2.62. The fourth-order valence-electron chi connectivity index (χ4n) is 1.91. The summed E-state index contributed by atoms with van der Waals surface area (Å²) in [5.74, 6) is 0.701. The average molecular weight is 249 g/mol. The van der Waals surface area contributed by atoms with Crippen molar-refractivity contribution in [3.8, 4) is 16.9 Å². The minimum Gasteiger partial charge on any atom is -0.301 e. The molecule has 0 aromatic heterocycles. The Balaban J connectivity index is 2.33. The van der Waals surface area contributed by atoms with Crippen LogP contribution in [0.3, 0.4) is 0 Å². The van der Waals surface area contributed by atoms with Crippen molar-refractivity contribution in [2.24, 2.45) is 0 Å². The number of benzene rings is 2. The summed E-state index contributed by atoms with van der Waals surface area (Å²) >= 11 is 4.27. The predicted octanol–water partition coefficient (Wildman–Crippen LogP) is 3.06. The van der Waals surface area contributed by atoms with Crippen LogP contribution in [0.1, 0.15) is 0 Å². The van der Waals surface area contributed by atoms with Crippen LogP contribution in [0.5, 0.6) is 5.75 Å². The van der Waals surface area contributed by atoms with Gasteiger partial charge in [0, 0.05) is 11.1 Å².